The van der Waals surface area contributed by atoms with Gasteiger partial charge in [-0.3, -0.25) is 0 Å². The molecule has 1 aromatic rings. The SMILES string of the molecule is CCCC1CC1NCc1c(F)cc(C#N)cc1F. The number of nitriles is 1. The molecule has 2 atom stereocenters. The molecule has 2 unspecified atom stereocenters. The minimum absolute atomic E-state index is 0.0176. The van der Waals surface area contributed by atoms with Gasteiger partial charge in [0.1, 0.15) is 11.6 Å². The van der Waals surface area contributed by atoms with Crippen LogP contribution in [0.2, 0.25) is 0 Å². The summed E-state index contributed by atoms with van der Waals surface area (Å²) in [7, 11) is 0. The van der Waals surface area contributed by atoms with Gasteiger partial charge in [-0.15, -0.1) is 0 Å². The first-order valence-corrected chi connectivity index (χ1v) is 6.27. The lowest BCUT2D eigenvalue weighted by atomic mass is 10.1. The maximum absolute atomic E-state index is 13.6. The molecule has 2 nitrogen and oxygen atoms in total. The van der Waals surface area contributed by atoms with Crippen LogP contribution in [0, 0.1) is 28.9 Å². The van der Waals surface area contributed by atoms with Crippen LogP contribution in [0.25, 0.3) is 0 Å². The minimum Gasteiger partial charge on any atom is -0.309 e. The van der Waals surface area contributed by atoms with Crippen molar-refractivity contribution in [1.29, 1.82) is 5.26 Å². The zero-order chi connectivity index (χ0) is 13.1. The topological polar surface area (TPSA) is 35.8 Å². The van der Waals surface area contributed by atoms with Gasteiger partial charge in [0.2, 0.25) is 0 Å². The van der Waals surface area contributed by atoms with Crippen molar-refractivity contribution in [3.05, 3.63) is 34.9 Å². The van der Waals surface area contributed by atoms with Gasteiger partial charge in [-0.05, 0) is 30.9 Å². The zero-order valence-electron chi connectivity index (χ0n) is 10.3. The van der Waals surface area contributed by atoms with E-state index in [0.717, 1.165) is 31.4 Å². The summed E-state index contributed by atoms with van der Waals surface area (Å²) in [4.78, 5) is 0. The van der Waals surface area contributed by atoms with Gasteiger partial charge in [0.05, 0.1) is 11.6 Å². The van der Waals surface area contributed by atoms with E-state index in [1.807, 2.05) is 0 Å². The third-order valence-electron chi connectivity index (χ3n) is 3.39. The first-order valence-electron chi connectivity index (χ1n) is 6.27. The molecule has 0 aromatic heterocycles. The highest BCUT2D eigenvalue weighted by atomic mass is 19.1. The van der Waals surface area contributed by atoms with Crippen LogP contribution in [0.4, 0.5) is 8.78 Å². The van der Waals surface area contributed by atoms with Crippen molar-refractivity contribution in [2.75, 3.05) is 0 Å². The van der Waals surface area contributed by atoms with Gasteiger partial charge in [0, 0.05) is 18.2 Å². The predicted octanol–water partition coefficient (Wildman–Crippen LogP) is 3.11. The van der Waals surface area contributed by atoms with E-state index in [-0.39, 0.29) is 17.7 Å². The van der Waals surface area contributed by atoms with Gasteiger partial charge in [-0.1, -0.05) is 13.3 Å². The first-order chi connectivity index (χ1) is 8.65. The number of benzene rings is 1. The molecule has 1 saturated carbocycles. The van der Waals surface area contributed by atoms with Crippen molar-refractivity contribution in [2.45, 2.75) is 38.8 Å². The second kappa shape index (κ2) is 5.45. The Hall–Kier alpha value is -1.47. The Kier molecular flexibility index (Phi) is 3.93. The van der Waals surface area contributed by atoms with Gasteiger partial charge in [0.25, 0.3) is 0 Å². The molecule has 0 saturated heterocycles. The molecule has 0 amide bonds. The van der Waals surface area contributed by atoms with E-state index in [2.05, 4.69) is 12.2 Å². The lowest BCUT2D eigenvalue weighted by Gasteiger charge is -2.07. The summed E-state index contributed by atoms with van der Waals surface area (Å²) < 4.78 is 27.2. The van der Waals surface area contributed by atoms with Gasteiger partial charge < -0.3 is 5.32 Å². The van der Waals surface area contributed by atoms with E-state index in [1.165, 1.54) is 0 Å². The Morgan fingerprint density at radius 1 is 1.39 bits per heavy atom. The Balaban J connectivity index is 1.96. The maximum atomic E-state index is 13.6. The Morgan fingerprint density at radius 3 is 2.61 bits per heavy atom. The molecule has 18 heavy (non-hydrogen) atoms. The standard InChI is InChI=1S/C14H16F2N2/c1-2-3-10-6-14(10)18-8-11-12(15)4-9(7-17)5-13(11)16/h4-5,10,14,18H,2-3,6,8H2,1H3. The Bertz CT molecular complexity index is 456. The molecular formula is C14H16F2N2. The summed E-state index contributed by atoms with van der Waals surface area (Å²) in [6.07, 6.45) is 3.39. The largest absolute Gasteiger partial charge is 0.309 e. The van der Waals surface area contributed by atoms with Gasteiger partial charge in [-0.2, -0.15) is 5.26 Å². The van der Waals surface area contributed by atoms with Crippen molar-refractivity contribution in [3.63, 3.8) is 0 Å². The van der Waals surface area contributed by atoms with Gasteiger partial charge >= 0.3 is 0 Å². The van der Waals surface area contributed by atoms with Crippen LogP contribution in [0.5, 0.6) is 0 Å². The molecule has 1 aliphatic rings. The van der Waals surface area contributed by atoms with E-state index in [1.54, 1.807) is 6.07 Å². The molecule has 2 rings (SSSR count). The van der Waals surface area contributed by atoms with Crippen molar-refractivity contribution < 1.29 is 8.78 Å². The van der Waals surface area contributed by atoms with Crippen LogP contribution in [-0.2, 0) is 6.54 Å². The fraction of sp³-hybridized carbons (Fsp3) is 0.500. The fourth-order valence-electron chi connectivity index (χ4n) is 2.26. The number of halogens is 2. The quantitative estimate of drug-likeness (QED) is 0.871. The average Bonchev–Trinajstić information content (AvgIpc) is 3.06. The van der Waals surface area contributed by atoms with Crippen LogP contribution in [0.3, 0.4) is 0 Å². The highest BCUT2D eigenvalue weighted by Gasteiger charge is 2.35. The number of rotatable bonds is 5. The maximum Gasteiger partial charge on any atom is 0.131 e. The normalized spacial score (nSPS) is 21.7. The number of hydrogen-bond acceptors (Lipinski definition) is 2. The van der Waals surface area contributed by atoms with Crippen molar-refractivity contribution >= 4 is 0 Å². The third kappa shape index (κ3) is 2.85. The highest BCUT2D eigenvalue weighted by Crippen LogP contribution is 2.34. The van der Waals surface area contributed by atoms with Crippen molar-refractivity contribution in [3.8, 4) is 6.07 Å². The Morgan fingerprint density at radius 2 is 2.06 bits per heavy atom. The van der Waals surface area contributed by atoms with E-state index >= 15 is 0 Å². The summed E-state index contributed by atoms with van der Waals surface area (Å²) in [6, 6.07) is 4.28. The van der Waals surface area contributed by atoms with E-state index < -0.39 is 11.6 Å². The highest BCUT2D eigenvalue weighted by molar-refractivity contribution is 5.34. The van der Waals surface area contributed by atoms with Gasteiger partial charge in [-0.25, -0.2) is 8.78 Å². The summed E-state index contributed by atoms with van der Waals surface area (Å²) in [5, 5.41) is 11.8. The molecule has 1 aliphatic carbocycles. The smallest absolute Gasteiger partial charge is 0.131 e. The van der Waals surface area contributed by atoms with Gasteiger partial charge in [0.15, 0.2) is 0 Å². The number of nitrogens with one attached hydrogen (secondary N) is 1. The molecule has 4 heteroatoms. The molecule has 0 heterocycles. The first kappa shape index (κ1) is 13.0. The molecule has 1 aromatic carbocycles. The zero-order valence-corrected chi connectivity index (χ0v) is 10.3. The number of nitrogens with zero attached hydrogens (tertiary/aromatic N) is 1. The van der Waals surface area contributed by atoms with Crippen LogP contribution in [-0.4, -0.2) is 6.04 Å². The average molecular weight is 250 g/mol. The lowest BCUT2D eigenvalue weighted by molar-refractivity contribution is 0.524. The lowest BCUT2D eigenvalue weighted by Crippen LogP contribution is -2.19. The Labute approximate surface area is 106 Å². The molecular weight excluding hydrogens is 234 g/mol. The van der Waals surface area contributed by atoms with Crippen LogP contribution < -0.4 is 5.32 Å². The summed E-state index contributed by atoms with van der Waals surface area (Å²) in [6.45, 7) is 2.32. The van der Waals surface area contributed by atoms with Crippen LogP contribution >= 0.6 is 0 Å². The number of hydrogen-bond donors (Lipinski definition) is 1. The molecule has 0 bridgehead atoms. The van der Waals surface area contributed by atoms with Crippen molar-refractivity contribution in [1.82, 2.24) is 5.32 Å². The van der Waals surface area contributed by atoms with E-state index in [4.69, 9.17) is 5.26 Å². The van der Waals surface area contributed by atoms with Crippen LogP contribution in [0.1, 0.15) is 37.3 Å². The second-order valence-electron chi connectivity index (χ2n) is 4.80. The molecule has 0 radical (unpaired) electrons. The van der Waals surface area contributed by atoms with Crippen LogP contribution in [0.15, 0.2) is 12.1 Å². The summed E-state index contributed by atoms with van der Waals surface area (Å²) >= 11 is 0. The molecule has 0 aliphatic heterocycles. The summed E-state index contributed by atoms with van der Waals surface area (Å²) in [5.41, 5.74) is 0.0418. The molecule has 0 spiro atoms. The van der Waals surface area contributed by atoms with E-state index in [0.29, 0.717) is 12.0 Å². The van der Waals surface area contributed by atoms with E-state index in [9.17, 15) is 8.78 Å². The second-order valence-corrected chi connectivity index (χ2v) is 4.80. The molecule has 1 fully saturated rings. The fourth-order valence-corrected chi connectivity index (χ4v) is 2.26. The van der Waals surface area contributed by atoms with Crippen molar-refractivity contribution in [2.24, 2.45) is 5.92 Å². The minimum atomic E-state index is -0.647. The predicted molar refractivity (Wildman–Crippen MR) is 64.7 cm³/mol. The molecule has 96 valence electrons. The molecule has 1 N–H and O–H groups in total. The monoisotopic (exact) mass is 250 g/mol. The third-order valence-corrected chi connectivity index (χ3v) is 3.39. The summed E-state index contributed by atoms with van der Waals surface area (Å²) in [5.74, 6) is -0.641.